The van der Waals surface area contributed by atoms with E-state index in [1.54, 1.807) is 0 Å². The van der Waals surface area contributed by atoms with Gasteiger partial charge in [-0.2, -0.15) is 0 Å². The predicted octanol–water partition coefficient (Wildman–Crippen LogP) is 4.47. The number of aliphatic imine (C=N–C) groups is 1. The Labute approximate surface area is 209 Å². The van der Waals surface area contributed by atoms with E-state index in [4.69, 9.17) is 4.98 Å². The molecule has 3 unspecified atom stereocenters. The number of hydrogen-bond donors (Lipinski definition) is 4. The number of benzene rings is 2. The normalized spacial score (nSPS) is 21.8. The third-order valence-electron chi connectivity index (χ3n) is 7.24. The Morgan fingerprint density at radius 1 is 0.889 bits per heavy atom. The average molecular weight is 476 g/mol. The fourth-order valence-corrected chi connectivity index (χ4v) is 5.29. The van der Waals surface area contributed by atoms with E-state index in [0.717, 1.165) is 46.9 Å². The van der Waals surface area contributed by atoms with Gasteiger partial charge in [0.25, 0.3) is 0 Å². The summed E-state index contributed by atoms with van der Waals surface area (Å²) in [6, 6.07) is 20.4. The molecule has 2 aromatic carbocycles. The highest BCUT2D eigenvalue weighted by Gasteiger charge is 2.21. The summed E-state index contributed by atoms with van der Waals surface area (Å²) in [5, 5.41) is 11.8. The van der Waals surface area contributed by atoms with Crippen molar-refractivity contribution in [3.8, 4) is 22.4 Å². The van der Waals surface area contributed by atoms with Crippen molar-refractivity contribution in [3.63, 3.8) is 0 Å². The van der Waals surface area contributed by atoms with E-state index in [1.165, 1.54) is 22.1 Å². The van der Waals surface area contributed by atoms with Gasteiger partial charge in [0, 0.05) is 64.8 Å². The van der Waals surface area contributed by atoms with E-state index in [0.29, 0.717) is 12.1 Å². The van der Waals surface area contributed by atoms with E-state index >= 15 is 0 Å². The summed E-state index contributed by atoms with van der Waals surface area (Å²) in [6.07, 6.45) is 6.50. The van der Waals surface area contributed by atoms with Crippen molar-refractivity contribution in [2.45, 2.75) is 32.1 Å². The summed E-state index contributed by atoms with van der Waals surface area (Å²) in [6.45, 7) is 6.16. The van der Waals surface area contributed by atoms with Gasteiger partial charge < -0.3 is 14.7 Å². The minimum Gasteiger partial charge on any atom is -0.366 e. The number of rotatable bonds is 4. The van der Waals surface area contributed by atoms with Crippen LogP contribution in [0.2, 0.25) is 0 Å². The van der Waals surface area contributed by atoms with Crippen LogP contribution in [0.25, 0.3) is 38.9 Å². The number of aromatic nitrogens is 3. The zero-order chi connectivity index (χ0) is 24.2. The van der Waals surface area contributed by atoms with Gasteiger partial charge in [0.1, 0.15) is 11.5 Å². The Morgan fingerprint density at radius 3 is 2.50 bits per heavy atom. The molecule has 180 valence electrons. The number of H-pyrrole nitrogens is 1. The second-order valence-corrected chi connectivity index (χ2v) is 10.0. The number of nitrogens with one attached hydrogen (secondary N) is 4. The number of nitrogens with zero attached hydrogens (tertiary/aromatic N) is 3. The van der Waals surface area contributed by atoms with Crippen molar-refractivity contribution in [1.82, 2.24) is 30.3 Å². The van der Waals surface area contributed by atoms with Crippen LogP contribution in [0, 0.1) is 0 Å². The smallest absolute Gasteiger partial charge is 0.137 e. The predicted molar refractivity (Wildman–Crippen MR) is 145 cm³/mol. The van der Waals surface area contributed by atoms with Crippen LogP contribution >= 0.6 is 0 Å². The minimum absolute atomic E-state index is 0.211. The zero-order valence-electron chi connectivity index (χ0n) is 20.4. The van der Waals surface area contributed by atoms with Crippen LogP contribution in [0.5, 0.6) is 0 Å². The fraction of sp³-hybridized carbons (Fsp3) is 0.241. The van der Waals surface area contributed by atoms with Gasteiger partial charge in [0.05, 0.1) is 18.4 Å². The first-order valence-electron chi connectivity index (χ1n) is 12.6. The van der Waals surface area contributed by atoms with E-state index in [1.807, 2.05) is 0 Å². The fourth-order valence-electron chi connectivity index (χ4n) is 5.29. The molecule has 7 nitrogen and oxygen atoms in total. The molecule has 4 N–H and O–H groups in total. The van der Waals surface area contributed by atoms with Gasteiger partial charge in [0.15, 0.2) is 0 Å². The lowest BCUT2D eigenvalue weighted by atomic mass is 10.0. The first-order valence-corrected chi connectivity index (χ1v) is 12.6. The standard InChI is InChI=1S/C29H29N7/c1-17-12-31-28(33-17)21-7-9-23-24(14-30-25(23)11-21)19-3-5-20(6-4-19)26-16-36-15-22(8-10-27(36)35-26)29-32-13-18(2)34-29/h3-11,14-18,28,30-31,33H,12-13H2,1-2H3,(H,32,34). The largest absolute Gasteiger partial charge is 0.366 e. The molecule has 0 spiro atoms. The van der Waals surface area contributed by atoms with Crippen molar-refractivity contribution in [2.24, 2.45) is 4.99 Å². The Morgan fingerprint density at radius 2 is 1.72 bits per heavy atom. The first kappa shape index (κ1) is 21.4. The second-order valence-electron chi connectivity index (χ2n) is 10.0. The third kappa shape index (κ3) is 3.68. The molecule has 0 aliphatic carbocycles. The van der Waals surface area contributed by atoms with Crippen LogP contribution in [0.1, 0.15) is 31.1 Å². The molecule has 36 heavy (non-hydrogen) atoms. The van der Waals surface area contributed by atoms with Crippen LogP contribution in [-0.4, -0.2) is 45.4 Å². The molecule has 2 aliphatic rings. The molecule has 2 aliphatic heterocycles. The van der Waals surface area contributed by atoms with Crippen LogP contribution in [0.15, 0.2) is 78.2 Å². The SMILES string of the molecule is CC1CN=C(c2ccc3nc(-c4ccc(-c5c[nH]c6cc(C7NCC(C)N7)ccc56)cc4)cn3c2)N1. The van der Waals surface area contributed by atoms with Crippen LogP contribution < -0.4 is 16.0 Å². The highest BCUT2D eigenvalue weighted by molar-refractivity contribution is 6.00. The molecule has 5 heterocycles. The number of fused-ring (bicyclic) bond motifs is 2. The number of aromatic amines is 1. The lowest BCUT2D eigenvalue weighted by Crippen LogP contribution is -2.27. The van der Waals surface area contributed by atoms with Gasteiger partial charge in [-0.1, -0.05) is 36.4 Å². The van der Waals surface area contributed by atoms with Gasteiger partial charge in [-0.05, 0) is 43.2 Å². The van der Waals surface area contributed by atoms with Gasteiger partial charge >= 0.3 is 0 Å². The molecule has 7 heteroatoms. The Kier molecular flexibility index (Phi) is 4.94. The molecule has 0 radical (unpaired) electrons. The molecule has 3 atom stereocenters. The summed E-state index contributed by atoms with van der Waals surface area (Å²) in [5.41, 5.74) is 8.89. The molecule has 1 saturated heterocycles. The summed E-state index contributed by atoms with van der Waals surface area (Å²) in [4.78, 5) is 12.9. The average Bonchev–Trinajstić information content (AvgIpc) is 3.69. The Hall–Kier alpha value is -3.94. The number of hydrogen-bond acceptors (Lipinski definition) is 5. The summed E-state index contributed by atoms with van der Waals surface area (Å²) >= 11 is 0. The van der Waals surface area contributed by atoms with Gasteiger partial charge in [-0.15, -0.1) is 0 Å². The van der Waals surface area contributed by atoms with Crippen LogP contribution in [-0.2, 0) is 0 Å². The van der Waals surface area contributed by atoms with E-state index in [9.17, 15) is 0 Å². The summed E-state index contributed by atoms with van der Waals surface area (Å²) < 4.78 is 2.08. The van der Waals surface area contributed by atoms with Gasteiger partial charge in [-0.25, -0.2) is 4.98 Å². The van der Waals surface area contributed by atoms with E-state index in [2.05, 4.69) is 117 Å². The number of pyridine rings is 1. The highest BCUT2D eigenvalue weighted by Crippen LogP contribution is 2.32. The molecule has 0 amide bonds. The molecular formula is C29H29N7. The maximum absolute atomic E-state index is 4.85. The minimum atomic E-state index is 0.211. The monoisotopic (exact) mass is 475 g/mol. The third-order valence-corrected chi connectivity index (χ3v) is 7.24. The molecule has 0 bridgehead atoms. The summed E-state index contributed by atoms with van der Waals surface area (Å²) in [5.74, 6) is 0.958. The lowest BCUT2D eigenvalue weighted by molar-refractivity contribution is 0.560. The van der Waals surface area contributed by atoms with Crippen molar-refractivity contribution in [1.29, 1.82) is 0 Å². The molecule has 7 rings (SSSR count). The topological polar surface area (TPSA) is 81.5 Å². The van der Waals surface area contributed by atoms with Gasteiger partial charge in [-0.3, -0.25) is 15.6 Å². The Bertz CT molecular complexity index is 1610. The van der Waals surface area contributed by atoms with Gasteiger partial charge in [0.2, 0.25) is 0 Å². The molecular weight excluding hydrogens is 446 g/mol. The second kappa shape index (κ2) is 8.33. The van der Waals surface area contributed by atoms with Crippen molar-refractivity contribution in [2.75, 3.05) is 13.1 Å². The number of amidine groups is 1. The zero-order valence-corrected chi connectivity index (χ0v) is 20.4. The molecule has 5 aromatic rings. The molecule has 0 saturated carbocycles. The highest BCUT2D eigenvalue weighted by atomic mass is 15.2. The van der Waals surface area contributed by atoms with E-state index < -0.39 is 0 Å². The van der Waals surface area contributed by atoms with Crippen LogP contribution in [0.3, 0.4) is 0 Å². The molecule has 1 fully saturated rings. The van der Waals surface area contributed by atoms with E-state index in [-0.39, 0.29) is 6.17 Å². The number of imidazole rings is 1. The van der Waals surface area contributed by atoms with Crippen molar-refractivity contribution < 1.29 is 0 Å². The summed E-state index contributed by atoms with van der Waals surface area (Å²) in [7, 11) is 0. The quantitative estimate of drug-likeness (QED) is 0.309. The Balaban J connectivity index is 1.15. The maximum atomic E-state index is 4.85. The van der Waals surface area contributed by atoms with Crippen molar-refractivity contribution >= 4 is 22.4 Å². The van der Waals surface area contributed by atoms with Crippen molar-refractivity contribution in [3.05, 3.63) is 84.3 Å². The maximum Gasteiger partial charge on any atom is 0.137 e. The van der Waals surface area contributed by atoms with Crippen LogP contribution in [0.4, 0.5) is 0 Å². The lowest BCUT2D eigenvalue weighted by Gasteiger charge is -2.12. The molecule has 3 aromatic heterocycles. The first-order chi connectivity index (χ1) is 17.6.